The number of morpholine rings is 1. The summed E-state index contributed by atoms with van der Waals surface area (Å²) < 4.78 is 7.01. The molecule has 1 amide bonds. The number of pyridine rings is 1. The Labute approximate surface area is 139 Å². The van der Waals surface area contributed by atoms with E-state index < -0.39 is 12.0 Å². The van der Waals surface area contributed by atoms with Crippen molar-refractivity contribution in [3.05, 3.63) is 23.0 Å². The molecule has 1 saturated heterocycles. The molecule has 2 aromatic heterocycles. The predicted octanol–water partition coefficient (Wildman–Crippen LogP) is 0.901. The Bertz CT molecular complexity index is 814. The maximum atomic E-state index is 13.1. The second-order valence-electron chi connectivity index (χ2n) is 6.04. The summed E-state index contributed by atoms with van der Waals surface area (Å²) in [5.41, 5.74) is 2.61. The van der Waals surface area contributed by atoms with Gasteiger partial charge in [-0.15, -0.1) is 0 Å². The van der Waals surface area contributed by atoms with Crippen molar-refractivity contribution in [1.82, 2.24) is 19.7 Å². The second-order valence-corrected chi connectivity index (χ2v) is 6.04. The third-order valence-electron chi connectivity index (χ3n) is 4.23. The fourth-order valence-corrected chi connectivity index (χ4v) is 3.19. The second kappa shape index (κ2) is 6.20. The quantitative estimate of drug-likeness (QED) is 0.897. The topological polar surface area (TPSA) is 97.5 Å². The third-order valence-corrected chi connectivity index (χ3v) is 4.23. The van der Waals surface area contributed by atoms with E-state index in [1.54, 1.807) is 22.7 Å². The van der Waals surface area contributed by atoms with Crippen molar-refractivity contribution < 1.29 is 19.4 Å². The van der Waals surface area contributed by atoms with Crippen LogP contribution in [0.2, 0.25) is 0 Å². The molecule has 128 valence electrons. The van der Waals surface area contributed by atoms with Crippen molar-refractivity contribution >= 4 is 22.9 Å². The molecule has 0 radical (unpaired) electrons. The van der Waals surface area contributed by atoms with Gasteiger partial charge in [0.1, 0.15) is 0 Å². The number of fused-ring (bicyclic) bond motifs is 1. The Balaban J connectivity index is 2.05. The van der Waals surface area contributed by atoms with Gasteiger partial charge >= 0.3 is 5.97 Å². The molecular weight excluding hydrogens is 312 g/mol. The van der Waals surface area contributed by atoms with Crippen LogP contribution in [0.4, 0.5) is 0 Å². The molecule has 0 spiro atoms. The Morgan fingerprint density at radius 3 is 2.88 bits per heavy atom. The van der Waals surface area contributed by atoms with Crippen LogP contribution in [-0.4, -0.2) is 62.4 Å². The summed E-state index contributed by atoms with van der Waals surface area (Å²) in [4.78, 5) is 30.3. The van der Waals surface area contributed by atoms with E-state index in [9.17, 15) is 9.59 Å². The van der Waals surface area contributed by atoms with E-state index in [0.717, 1.165) is 11.4 Å². The molecule has 0 aromatic carbocycles. The first-order valence-corrected chi connectivity index (χ1v) is 7.80. The third kappa shape index (κ3) is 2.84. The van der Waals surface area contributed by atoms with Gasteiger partial charge in [0.05, 0.1) is 42.3 Å². The summed E-state index contributed by atoms with van der Waals surface area (Å²) in [6.45, 7) is 4.67. The molecule has 0 bridgehead atoms. The number of carboxylic acid groups (broad SMARTS) is 1. The van der Waals surface area contributed by atoms with Gasteiger partial charge in [-0.3, -0.25) is 14.3 Å². The van der Waals surface area contributed by atoms with Gasteiger partial charge in [0, 0.05) is 19.3 Å². The van der Waals surface area contributed by atoms with E-state index >= 15 is 0 Å². The Hall–Kier alpha value is -2.48. The molecule has 8 heteroatoms. The van der Waals surface area contributed by atoms with Gasteiger partial charge in [0.25, 0.3) is 5.91 Å². The molecule has 0 saturated carbocycles. The van der Waals surface area contributed by atoms with Crippen LogP contribution >= 0.6 is 0 Å². The van der Waals surface area contributed by atoms with Crippen LogP contribution in [0.5, 0.6) is 0 Å². The number of carbonyl (C=O) groups excluding carboxylic acids is 1. The number of aryl methyl sites for hydroxylation is 3. The summed E-state index contributed by atoms with van der Waals surface area (Å²) in [5.74, 6) is -1.15. The zero-order valence-corrected chi connectivity index (χ0v) is 13.9. The minimum absolute atomic E-state index is 0.134. The van der Waals surface area contributed by atoms with E-state index in [2.05, 4.69) is 10.1 Å². The van der Waals surface area contributed by atoms with Crippen molar-refractivity contribution in [1.29, 1.82) is 0 Å². The van der Waals surface area contributed by atoms with Gasteiger partial charge in [-0.2, -0.15) is 5.10 Å². The lowest BCUT2D eigenvalue weighted by molar-refractivity contribution is -0.139. The summed E-state index contributed by atoms with van der Waals surface area (Å²) in [7, 11) is 1.79. The fraction of sp³-hybridized carbons (Fsp3) is 0.500. The highest BCUT2D eigenvalue weighted by atomic mass is 16.5. The minimum Gasteiger partial charge on any atom is -0.481 e. The maximum Gasteiger partial charge on any atom is 0.305 e. The predicted molar refractivity (Wildman–Crippen MR) is 85.9 cm³/mol. The normalized spacial score (nSPS) is 18.1. The molecule has 3 heterocycles. The molecule has 1 aliphatic heterocycles. The van der Waals surface area contributed by atoms with E-state index in [-0.39, 0.29) is 18.9 Å². The van der Waals surface area contributed by atoms with Crippen LogP contribution in [0, 0.1) is 13.8 Å². The van der Waals surface area contributed by atoms with Crippen LogP contribution in [0.3, 0.4) is 0 Å². The number of hydrogen-bond donors (Lipinski definition) is 1. The van der Waals surface area contributed by atoms with Crippen LogP contribution in [0.25, 0.3) is 11.0 Å². The molecule has 1 aliphatic rings. The molecule has 2 aromatic rings. The number of aromatic nitrogens is 3. The maximum absolute atomic E-state index is 13.1. The lowest BCUT2D eigenvalue weighted by atomic mass is 10.1. The van der Waals surface area contributed by atoms with Crippen LogP contribution in [-0.2, 0) is 16.6 Å². The molecule has 1 fully saturated rings. The van der Waals surface area contributed by atoms with Crippen LogP contribution in [0.15, 0.2) is 6.07 Å². The first-order chi connectivity index (χ1) is 11.4. The van der Waals surface area contributed by atoms with Gasteiger partial charge < -0.3 is 14.7 Å². The average molecular weight is 332 g/mol. The number of rotatable bonds is 3. The summed E-state index contributed by atoms with van der Waals surface area (Å²) in [6, 6.07) is 1.27. The van der Waals surface area contributed by atoms with Gasteiger partial charge in [0.15, 0.2) is 5.65 Å². The highest BCUT2D eigenvalue weighted by molar-refractivity contribution is 6.06. The number of ether oxygens (including phenoxy) is 1. The van der Waals surface area contributed by atoms with Crippen LogP contribution < -0.4 is 0 Å². The summed E-state index contributed by atoms with van der Waals surface area (Å²) in [5, 5.41) is 14.2. The van der Waals surface area contributed by atoms with Gasteiger partial charge in [0.2, 0.25) is 0 Å². The summed E-state index contributed by atoms with van der Waals surface area (Å²) >= 11 is 0. The molecule has 1 atom stereocenters. The number of hydrogen-bond acceptors (Lipinski definition) is 5. The number of carbonyl (C=O) groups is 2. The highest BCUT2D eigenvalue weighted by Crippen LogP contribution is 2.25. The molecule has 3 rings (SSSR count). The van der Waals surface area contributed by atoms with Crippen molar-refractivity contribution in [2.45, 2.75) is 26.3 Å². The summed E-state index contributed by atoms with van der Waals surface area (Å²) in [6.07, 6.45) is -0.134. The first kappa shape index (κ1) is 16.4. The molecule has 1 N–H and O–H groups in total. The van der Waals surface area contributed by atoms with Crippen molar-refractivity contribution in [3.63, 3.8) is 0 Å². The molecule has 1 unspecified atom stereocenters. The number of amides is 1. The molecule has 24 heavy (non-hydrogen) atoms. The van der Waals surface area contributed by atoms with Gasteiger partial charge in [-0.05, 0) is 19.9 Å². The van der Waals surface area contributed by atoms with Gasteiger partial charge in [-0.1, -0.05) is 0 Å². The Kier molecular flexibility index (Phi) is 4.23. The molecule has 8 nitrogen and oxygen atoms in total. The van der Waals surface area contributed by atoms with E-state index in [0.29, 0.717) is 29.7 Å². The Morgan fingerprint density at radius 2 is 2.17 bits per heavy atom. The lowest BCUT2D eigenvalue weighted by Crippen LogP contribution is -2.49. The minimum atomic E-state index is -0.947. The standard InChI is InChI=1S/C16H20N4O4/c1-9-6-12(14-10(2)18-19(3)15(14)17-9)16(23)20-4-5-24-8-11(20)7-13(21)22/h6,11H,4-5,7-8H2,1-3H3,(H,21,22). The highest BCUT2D eigenvalue weighted by Gasteiger charge is 2.31. The van der Waals surface area contributed by atoms with Crippen molar-refractivity contribution in [2.75, 3.05) is 19.8 Å². The van der Waals surface area contributed by atoms with E-state index in [1.807, 2.05) is 13.8 Å². The number of aliphatic carboxylic acids is 1. The SMILES string of the molecule is Cc1cc(C(=O)N2CCOCC2CC(=O)O)c2c(C)nn(C)c2n1. The van der Waals surface area contributed by atoms with Gasteiger partial charge in [-0.25, -0.2) is 4.98 Å². The van der Waals surface area contributed by atoms with Crippen molar-refractivity contribution in [3.8, 4) is 0 Å². The van der Waals surface area contributed by atoms with Crippen LogP contribution in [0.1, 0.15) is 28.2 Å². The molecule has 0 aliphatic carbocycles. The zero-order valence-electron chi connectivity index (χ0n) is 13.9. The zero-order chi connectivity index (χ0) is 17.4. The fourth-order valence-electron chi connectivity index (χ4n) is 3.19. The largest absolute Gasteiger partial charge is 0.481 e. The first-order valence-electron chi connectivity index (χ1n) is 7.80. The average Bonchev–Trinajstić information content (AvgIpc) is 2.80. The molecular formula is C16H20N4O4. The number of carboxylic acids is 1. The van der Waals surface area contributed by atoms with E-state index in [1.165, 1.54) is 0 Å². The monoisotopic (exact) mass is 332 g/mol. The lowest BCUT2D eigenvalue weighted by Gasteiger charge is -2.35. The van der Waals surface area contributed by atoms with E-state index in [4.69, 9.17) is 9.84 Å². The van der Waals surface area contributed by atoms with Crippen molar-refractivity contribution in [2.24, 2.45) is 7.05 Å². The smallest absolute Gasteiger partial charge is 0.305 e. The number of nitrogens with zero attached hydrogens (tertiary/aromatic N) is 4. The Morgan fingerprint density at radius 1 is 1.42 bits per heavy atom.